The first-order valence-corrected chi connectivity index (χ1v) is 8.21. The molecule has 1 fully saturated rings. The molecule has 7 heteroatoms. The molecule has 6 nitrogen and oxygen atoms in total. The van der Waals surface area contributed by atoms with Crippen LogP contribution in [0.25, 0.3) is 10.8 Å². The van der Waals surface area contributed by atoms with E-state index in [9.17, 15) is 8.42 Å². The Labute approximate surface area is 123 Å². The van der Waals surface area contributed by atoms with Gasteiger partial charge in [-0.3, -0.25) is 4.98 Å². The van der Waals surface area contributed by atoms with Crippen LogP contribution in [0.3, 0.4) is 0 Å². The molecule has 0 amide bonds. The van der Waals surface area contributed by atoms with Gasteiger partial charge in [0.1, 0.15) is 0 Å². The topological polar surface area (TPSA) is 85.5 Å². The molecule has 1 aromatic heterocycles. The van der Waals surface area contributed by atoms with E-state index in [1.165, 1.54) is 4.31 Å². The number of nitrogens with zero attached hydrogens (tertiary/aromatic N) is 2. The molecule has 2 heterocycles. The molecule has 0 bridgehead atoms. The number of sulfonamides is 1. The van der Waals surface area contributed by atoms with Crippen LogP contribution in [0.4, 0.5) is 0 Å². The van der Waals surface area contributed by atoms with Crippen LogP contribution < -0.4 is 5.73 Å². The summed E-state index contributed by atoms with van der Waals surface area (Å²) < 4.78 is 32.6. The van der Waals surface area contributed by atoms with Crippen LogP contribution in [-0.2, 0) is 14.8 Å². The second-order valence-electron chi connectivity index (χ2n) is 4.94. The summed E-state index contributed by atoms with van der Waals surface area (Å²) in [5.74, 6) is 0. The molecule has 1 atom stereocenters. The van der Waals surface area contributed by atoms with Crippen molar-refractivity contribution in [3.8, 4) is 0 Å². The van der Waals surface area contributed by atoms with Crippen LogP contribution in [0.5, 0.6) is 0 Å². The van der Waals surface area contributed by atoms with E-state index >= 15 is 0 Å². The highest BCUT2D eigenvalue weighted by atomic mass is 32.2. The molecule has 1 aliphatic rings. The Balaban J connectivity index is 2.04. The second kappa shape index (κ2) is 5.69. The van der Waals surface area contributed by atoms with Gasteiger partial charge < -0.3 is 10.5 Å². The molecule has 1 saturated heterocycles. The van der Waals surface area contributed by atoms with Crippen molar-refractivity contribution >= 4 is 20.8 Å². The molecule has 1 unspecified atom stereocenters. The van der Waals surface area contributed by atoms with Crippen molar-refractivity contribution in [1.82, 2.24) is 9.29 Å². The van der Waals surface area contributed by atoms with Crippen molar-refractivity contribution in [3.05, 3.63) is 36.7 Å². The first-order valence-electron chi connectivity index (χ1n) is 6.77. The zero-order valence-electron chi connectivity index (χ0n) is 11.5. The molecule has 3 rings (SSSR count). The van der Waals surface area contributed by atoms with E-state index in [0.717, 1.165) is 5.39 Å². The van der Waals surface area contributed by atoms with Gasteiger partial charge in [-0.05, 0) is 12.1 Å². The fourth-order valence-corrected chi connectivity index (χ4v) is 4.18. The predicted octanol–water partition coefficient (Wildman–Crippen LogP) is 0.583. The molecule has 2 aromatic rings. The fourth-order valence-electron chi connectivity index (χ4n) is 2.51. The average Bonchev–Trinajstić information content (AvgIpc) is 2.54. The van der Waals surface area contributed by atoms with Crippen molar-refractivity contribution in [2.45, 2.75) is 11.0 Å². The van der Waals surface area contributed by atoms with Gasteiger partial charge in [0, 0.05) is 42.8 Å². The standard InChI is InChI=1S/C14H17N3O3S/c15-8-12-10-17(6-7-20-12)21(18,19)14-3-1-2-11-9-16-5-4-13(11)14/h1-5,9,12H,6-8,10,15H2. The SMILES string of the molecule is NCC1CN(S(=O)(=O)c2cccc3cnccc23)CCO1. The largest absolute Gasteiger partial charge is 0.374 e. The Morgan fingerprint density at radius 1 is 1.38 bits per heavy atom. The minimum Gasteiger partial charge on any atom is -0.374 e. The summed E-state index contributed by atoms with van der Waals surface area (Å²) in [6, 6.07) is 6.94. The number of pyridine rings is 1. The number of hydrogen-bond donors (Lipinski definition) is 1. The van der Waals surface area contributed by atoms with E-state index in [1.54, 1.807) is 30.6 Å². The summed E-state index contributed by atoms with van der Waals surface area (Å²) in [4.78, 5) is 4.33. The maximum absolute atomic E-state index is 12.9. The zero-order valence-corrected chi connectivity index (χ0v) is 12.3. The quantitative estimate of drug-likeness (QED) is 0.896. The first kappa shape index (κ1) is 14.4. The van der Waals surface area contributed by atoms with Gasteiger partial charge in [0.05, 0.1) is 17.6 Å². The van der Waals surface area contributed by atoms with Crippen LogP contribution in [-0.4, -0.2) is 50.1 Å². The van der Waals surface area contributed by atoms with E-state index in [4.69, 9.17) is 10.5 Å². The Morgan fingerprint density at radius 3 is 3.05 bits per heavy atom. The van der Waals surface area contributed by atoms with Crippen LogP contribution in [0.1, 0.15) is 0 Å². The molecule has 0 spiro atoms. The van der Waals surface area contributed by atoms with Crippen molar-refractivity contribution < 1.29 is 13.2 Å². The van der Waals surface area contributed by atoms with Gasteiger partial charge in [0.2, 0.25) is 10.0 Å². The summed E-state index contributed by atoms with van der Waals surface area (Å²) >= 11 is 0. The Hall–Kier alpha value is -1.54. The third-order valence-electron chi connectivity index (χ3n) is 3.62. The number of hydrogen-bond acceptors (Lipinski definition) is 5. The van der Waals surface area contributed by atoms with Gasteiger partial charge >= 0.3 is 0 Å². The molecule has 1 aliphatic heterocycles. The molecule has 0 radical (unpaired) electrons. The lowest BCUT2D eigenvalue weighted by atomic mass is 10.2. The fraction of sp³-hybridized carbons (Fsp3) is 0.357. The molecule has 21 heavy (non-hydrogen) atoms. The maximum Gasteiger partial charge on any atom is 0.243 e. The molecular formula is C14H17N3O3S. The Bertz CT molecular complexity index is 743. The molecule has 112 valence electrons. The van der Waals surface area contributed by atoms with Crippen molar-refractivity contribution in [2.24, 2.45) is 5.73 Å². The highest BCUT2D eigenvalue weighted by Gasteiger charge is 2.31. The summed E-state index contributed by atoms with van der Waals surface area (Å²) in [5, 5.41) is 1.49. The summed E-state index contributed by atoms with van der Waals surface area (Å²) in [7, 11) is -3.56. The number of ether oxygens (including phenoxy) is 1. The van der Waals surface area contributed by atoms with Gasteiger partial charge in [-0.15, -0.1) is 0 Å². The molecule has 0 aliphatic carbocycles. The van der Waals surface area contributed by atoms with E-state index in [2.05, 4.69) is 4.98 Å². The van der Waals surface area contributed by atoms with Gasteiger partial charge in [-0.1, -0.05) is 12.1 Å². The lowest BCUT2D eigenvalue weighted by Crippen LogP contribution is -2.48. The van der Waals surface area contributed by atoms with Crippen molar-refractivity contribution in [3.63, 3.8) is 0 Å². The van der Waals surface area contributed by atoms with Gasteiger partial charge in [0.25, 0.3) is 0 Å². The minimum atomic E-state index is -3.56. The Kier molecular flexibility index (Phi) is 3.90. The molecule has 1 aromatic carbocycles. The van der Waals surface area contributed by atoms with Crippen LogP contribution in [0.15, 0.2) is 41.6 Å². The predicted molar refractivity (Wildman–Crippen MR) is 79.3 cm³/mol. The van der Waals surface area contributed by atoms with Gasteiger partial charge in [-0.25, -0.2) is 8.42 Å². The normalized spacial score (nSPS) is 20.7. The highest BCUT2D eigenvalue weighted by molar-refractivity contribution is 7.89. The highest BCUT2D eigenvalue weighted by Crippen LogP contribution is 2.26. The number of fused-ring (bicyclic) bond motifs is 1. The summed E-state index contributed by atoms with van der Waals surface area (Å²) in [6.07, 6.45) is 3.02. The first-order chi connectivity index (χ1) is 10.1. The van der Waals surface area contributed by atoms with Gasteiger partial charge in [-0.2, -0.15) is 4.31 Å². The average molecular weight is 307 g/mol. The lowest BCUT2D eigenvalue weighted by molar-refractivity contribution is 0.00453. The van der Waals surface area contributed by atoms with Crippen molar-refractivity contribution in [2.75, 3.05) is 26.2 Å². The smallest absolute Gasteiger partial charge is 0.243 e. The number of rotatable bonds is 3. The van der Waals surface area contributed by atoms with Crippen LogP contribution in [0, 0.1) is 0 Å². The maximum atomic E-state index is 12.9. The summed E-state index contributed by atoms with van der Waals surface area (Å²) in [6.45, 7) is 1.32. The third kappa shape index (κ3) is 2.65. The monoisotopic (exact) mass is 307 g/mol. The minimum absolute atomic E-state index is 0.245. The van der Waals surface area contributed by atoms with E-state index in [0.29, 0.717) is 36.5 Å². The lowest BCUT2D eigenvalue weighted by Gasteiger charge is -2.31. The second-order valence-corrected chi connectivity index (χ2v) is 6.85. The molecule has 0 saturated carbocycles. The zero-order chi connectivity index (χ0) is 14.9. The number of benzene rings is 1. The Morgan fingerprint density at radius 2 is 2.24 bits per heavy atom. The number of aromatic nitrogens is 1. The molecular weight excluding hydrogens is 290 g/mol. The number of morpholine rings is 1. The third-order valence-corrected chi connectivity index (χ3v) is 5.55. The van der Waals surface area contributed by atoms with E-state index < -0.39 is 10.0 Å². The van der Waals surface area contributed by atoms with E-state index in [-0.39, 0.29) is 6.10 Å². The van der Waals surface area contributed by atoms with Gasteiger partial charge in [0.15, 0.2) is 0 Å². The summed E-state index contributed by atoms with van der Waals surface area (Å²) in [5.41, 5.74) is 5.58. The van der Waals surface area contributed by atoms with Crippen molar-refractivity contribution in [1.29, 1.82) is 0 Å². The van der Waals surface area contributed by atoms with Crippen LogP contribution >= 0.6 is 0 Å². The number of nitrogens with two attached hydrogens (primary N) is 1. The molecule has 2 N–H and O–H groups in total. The van der Waals surface area contributed by atoms with E-state index in [1.807, 2.05) is 6.07 Å². The van der Waals surface area contributed by atoms with Crippen LogP contribution in [0.2, 0.25) is 0 Å².